The standard InChI is InChI=1S/C24H23NO5/c1-25(16-18-9-8-12-20(15-18)28-2)23(26)17-29-24(27)21-13-6-7-14-22(21)30-19-10-4-3-5-11-19/h3-15H,16-17H2,1-2H3. The maximum atomic E-state index is 12.5. The van der Waals surface area contributed by atoms with Crippen LogP contribution in [0.4, 0.5) is 0 Å². The molecule has 30 heavy (non-hydrogen) atoms. The van der Waals surface area contributed by atoms with Gasteiger partial charge < -0.3 is 19.1 Å². The SMILES string of the molecule is COc1cccc(CN(C)C(=O)COC(=O)c2ccccc2Oc2ccccc2)c1. The molecular weight excluding hydrogens is 382 g/mol. The summed E-state index contributed by atoms with van der Waals surface area (Å²) in [6.07, 6.45) is 0. The largest absolute Gasteiger partial charge is 0.497 e. The van der Waals surface area contributed by atoms with E-state index in [4.69, 9.17) is 14.2 Å². The lowest BCUT2D eigenvalue weighted by Crippen LogP contribution is -2.30. The van der Waals surface area contributed by atoms with E-state index in [0.29, 0.717) is 18.0 Å². The molecule has 0 spiro atoms. The van der Waals surface area contributed by atoms with Crippen molar-refractivity contribution in [2.24, 2.45) is 0 Å². The second-order valence-electron chi connectivity index (χ2n) is 6.59. The number of rotatable bonds is 8. The van der Waals surface area contributed by atoms with Crippen molar-refractivity contribution in [1.82, 2.24) is 4.90 Å². The van der Waals surface area contributed by atoms with Crippen molar-refractivity contribution in [1.29, 1.82) is 0 Å². The Morgan fingerprint density at radius 1 is 0.867 bits per heavy atom. The molecule has 0 bridgehead atoms. The second-order valence-corrected chi connectivity index (χ2v) is 6.59. The van der Waals surface area contributed by atoms with Crippen LogP contribution in [-0.2, 0) is 16.1 Å². The van der Waals surface area contributed by atoms with Gasteiger partial charge in [-0.3, -0.25) is 4.79 Å². The molecule has 0 aliphatic rings. The Kier molecular flexibility index (Phi) is 7.05. The molecule has 3 rings (SSSR count). The number of para-hydroxylation sites is 2. The zero-order valence-corrected chi connectivity index (χ0v) is 16.9. The number of benzene rings is 3. The highest BCUT2D eigenvalue weighted by Crippen LogP contribution is 2.25. The van der Waals surface area contributed by atoms with Crippen LogP contribution in [0.15, 0.2) is 78.9 Å². The molecule has 6 heteroatoms. The summed E-state index contributed by atoms with van der Waals surface area (Å²) in [5.74, 6) is 0.754. The lowest BCUT2D eigenvalue weighted by molar-refractivity contribution is -0.133. The first-order valence-electron chi connectivity index (χ1n) is 9.43. The number of carbonyl (C=O) groups is 2. The summed E-state index contributed by atoms with van der Waals surface area (Å²) in [5, 5.41) is 0. The van der Waals surface area contributed by atoms with Crippen LogP contribution in [0.2, 0.25) is 0 Å². The van der Waals surface area contributed by atoms with Gasteiger partial charge in [0.05, 0.1) is 7.11 Å². The van der Waals surface area contributed by atoms with E-state index in [2.05, 4.69) is 0 Å². The summed E-state index contributed by atoms with van der Waals surface area (Å²) in [6, 6.07) is 23.3. The Balaban J connectivity index is 1.59. The van der Waals surface area contributed by atoms with Crippen molar-refractivity contribution in [2.45, 2.75) is 6.54 Å². The van der Waals surface area contributed by atoms with E-state index >= 15 is 0 Å². The molecule has 154 valence electrons. The first kappa shape index (κ1) is 20.9. The molecule has 0 aliphatic carbocycles. The quantitative estimate of drug-likeness (QED) is 0.523. The molecule has 1 amide bonds. The Labute approximate surface area is 175 Å². The molecule has 0 fully saturated rings. The molecule has 3 aromatic rings. The lowest BCUT2D eigenvalue weighted by atomic mass is 10.2. The third-order valence-electron chi connectivity index (χ3n) is 4.38. The highest BCUT2D eigenvalue weighted by molar-refractivity contribution is 5.94. The smallest absolute Gasteiger partial charge is 0.342 e. The molecule has 0 saturated carbocycles. The molecule has 0 saturated heterocycles. The highest BCUT2D eigenvalue weighted by atomic mass is 16.5. The van der Waals surface area contributed by atoms with Crippen LogP contribution in [-0.4, -0.2) is 37.5 Å². The predicted octanol–water partition coefficient (Wildman–Crippen LogP) is 4.30. The van der Waals surface area contributed by atoms with E-state index in [1.54, 1.807) is 50.6 Å². The van der Waals surface area contributed by atoms with Crippen molar-refractivity contribution in [3.05, 3.63) is 90.0 Å². The average molecular weight is 405 g/mol. The zero-order chi connectivity index (χ0) is 21.3. The van der Waals surface area contributed by atoms with Gasteiger partial charge in [0.25, 0.3) is 5.91 Å². The minimum absolute atomic E-state index is 0.254. The summed E-state index contributed by atoms with van der Waals surface area (Å²) in [6.45, 7) is 0.0141. The molecule has 0 aliphatic heterocycles. The van der Waals surface area contributed by atoms with Gasteiger partial charge in [-0.2, -0.15) is 0 Å². The first-order chi connectivity index (χ1) is 14.6. The third kappa shape index (κ3) is 5.61. The fourth-order valence-corrected chi connectivity index (χ4v) is 2.79. The topological polar surface area (TPSA) is 65.1 Å². The predicted molar refractivity (Wildman–Crippen MR) is 113 cm³/mol. The van der Waals surface area contributed by atoms with E-state index in [9.17, 15) is 9.59 Å². The molecule has 0 unspecified atom stereocenters. The van der Waals surface area contributed by atoms with Crippen molar-refractivity contribution in [3.8, 4) is 17.2 Å². The number of likely N-dealkylation sites (N-methyl/N-ethyl adjacent to an activating group) is 1. The van der Waals surface area contributed by atoms with E-state index in [1.807, 2.05) is 42.5 Å². The number of hydrogen-bond donors (Lipinski definition) is 0. The van der Waals surface area contributed by atoms with Crippen molar-refractivity contribution < 1.29 is 23.8 Å². The Morgan fingerprint density at radius 3 is 2.33 bits per heavy atom. The third-order valence-corrected chi connectivity index (χ3v) is 4.38. The van der Waals surface area contributed by atoms with Gasteiger partial charge in [0.15, 0.2) is 6.61 Å². The van der Waals surface area contributed by atoms with Gasteiger partial charge in [0.2, 0.25) is 0 Å². The van der Waals surface area contributed by atoms with E-state index in [-0.39, 0.29) is 18.1 Å². The normalized spacial score (nSPS) is 10.2. The number of hydrogen-bond acceptors (Lipinski definition) is 5. The van der Waals surface area contributed by atoms with Gasteiger partial charge in [0, 0.05) is 13.6 Å². The number of methoxy groups -OCH3 is 1. The van der Waals surface area contributed by atoms with Crippen LogP contribution >= 0.6 is 0 Å². The maximum absolute atomic E-state index is 12.5. The van der Waals surface area contributed by atoms with Gasteiger partial charge >= 0.3 is 5.97 Å². The number of amides is 1. The molecule has 0 radical (unpaired) electrons. The molecule has 3 aromatic carbocycles. The zero-order valence-electron chi connectivity index (χ0n) is 16.9. The summed E-state index contributed by atoms with van der Waals surface area (Å²) in [7, 11) is 3.24. The van der Waals surface area contributed by atoms with E-state index in [0.717, 1.165) is 11.3 Å². The fourth-order valence-electron chi connectivity index (χ4n) is 2.79. The summed E-state index contributed by atoms with van der Waals surface area (Å²) in [4.78, 5) is 26.4. The molecule has 0 atom stereocenters. The van der Waals surface area contributed by atoms with Crippen LogP contribution in [0.3, 0.4) is 0 Å². The van der Waals surface area contributed by atoms with Crippen LogP contribution < -0.4 is 9.47 Å². The van der Waals surface area contributed by atoms with Gasteiger partial charge in [-0.15, -0.1) is 0 Å². The van der Waals surface area contributed by atoms with Gasteiger partial charge in [-0.25, -0.2) is 4.79 Å². The number of ether oxygens (including phenoxy) is 3. The Morgan fingerprint density at radius 2 is 1.57 bits per heavy atom. The molecule has 6 nitrogen and oxygen atoms in total. The second kappa shape index (κ2) is 10.1. The van der Waals surface area contributed by atoms with Gasteiger partial charge in [-0.1, -0.05) is 42.5 Å². The van der Waals surface area contributed by atoms with Gasteiger partial charge in [0.1, 0.15) is 22.8 Å². The van der Waals surface area contributed by atoms with Crippen LogP contribution in [0, 0.1) is 0 Å². The molecule has 0 heterocycles. The summed E-state index contributed by atoms with van der Waals surface area (Å²) < 4.78 is 16.2. The Bertz CT molecular complexity index is 1000. The van der Waals surface area contributed by atoms with Gasteiger partial charge in [-0.05, 0) is 42.0 Å². The van der Waals surface area contributed by atoms with Crippen LogP contribution in [0.25, 0.3) is 0 Å². The monoisotopic (exact) mass is 405 g/mol. The summed E-state index contributed by atoms with van der Waals surface area (Å²) in [5.41, 5.74) is 1.17. The molecular formula is C24H23NO5. The Hall–Kier alpha value is -3.80. The minimum atomic E-state index is -0.621. The highest BCUT2D eigenvalue weighted by Gasteiger charge is 2.17. The summed E-state index contributed by atoms with van der Waals surface area (Å²) >= 11 is 0. The molecule has 0 N–H and O–H groups in total. The number of carbonyl (C=O) groups excluding carboxylic acids is 2. The average Bonchev–Trinajstić information content (AvgIpc) is 2.78. The fraction of sp³-hybridized carbons (Fsp3) is 0.167. The lowest BCUT2D eigenvalue weighted by Gasteiger charge is -2.18. The van der Waals surface area contributed by atoms with E-state index in [1.165, 1.54) is 4.90 Å². The molecule has 0 aromatic heterocycles. The van der Waals surface area contributed by atoms with Crippen LogP contribution in [0.5, 0.6) is 17.2 Å². The number of esters is 1. The van der Waals surface area contributed by atoms with Crippen molar-refractivity contribution in [2.75, 3.05) is 20.8 Å². The minimum Gasteiger partial charge on any atom is -0.497 e. The van der Waals surface area contributed by atoms with Crippen molar-refractivity contribution >= 4 is 11.9 Å². The van der Waals surface area contributed by atoms with E-state index < -0.39 is 5.97 Å². The van der Waals surface area contributed by atoms with Crippen molar-refractivity contribution in [3.63, 3.8) is 0 Å². The van der Waals surface area contributed by atoms with Crippen LogP contribution in [0.1, 0.15) is 15.9 Å². The maximum Gasteiger partial charge on any atom is 0.342 e. The first-order valence-corrected chi connectivity index (χ1v) is 9.43. The number of nitrogens with zero attached hydrogens (tertiary/aromatic N) is 1.